The van der Waals surface area contributed by atoms with Crippen LogP contribution in [-0.2, 0) is 0 Å². The lowest BCUT2D eigenvalue weighted by Gasteiger charge is -2.26. The topological polar surface area (TPSA) is 24.9 Å². The van der Waals surface area contributed by atoms with E-state index in [1.165, 1.54) is 11.1 Å². The van der Waals surface area contributed by atoms with Crippen molar-refractivity contribution in [2.45, 2.75) is 39.3 Å². The highest BCUT2D eigenvalue weighted by Gasteiger charge is 2.15. The van der Waals surface area contributed by atoms with Gasteiger partial charge in [0.2, 0.25) is 0 Å². The summed E-state index contributed by atoms with van der Waals surface area (Å²) in [4.78, 5) is 4.36. The van der Waals surface area contributed by atoms with E-state index in [1.807, 2.05) is 11.6 Å². The molecule has 1 N–H and O–H groups in total. The van der Waals surface area contributed by atoms with Gasteiger partial charge >= 0.3 is 0 Å². The quantitative estimate of drug-likeness (QED) is 0.892. The first kappa shape index (κ1) is 13.2. The Balaban J connectivity index is 2.22. The van der Waals surface area contributed by atoms with Crippen LogP contribution in [0.2, 0.25) is 0 Å². The number of hydrogen-bond donors (Lipinski definition) is 1. The van der Waals surface area contributed by atoms with E-state index in [-0.39, 0.29) is 5.54 Å². The van der Waals surface area contributed by atoms with Crippen molar-refractivity contribution < 1.29 is 0 Å². The Morgan fingerprint density at radius 1 is 1.28 bits per heavy atom. The number of nitrogens with one attached hydrogen (secondary N) is 1. The minimum absolute atomic E-state index is 0.122. The second-order valence-electron chi connectivity index (χ2n) is 5.58. The molecular weight excluding hydrogens is 240 g/mol. The molecule has 1 heterocycles. The highest BCUT2D eigenvalue weighted by molar-refractivity contribution is 7.13. The molecule has 1 atom stereocenters. The first-order valence-corrected chi connectivity index (χ1v) is 7.11. The van der Waals surface area contributed by atoms with E-state index in [9.17, 15) is 0 Å². The Hall–Kier alpha value is -1.19. The van der Waals surface area contributed by atoms with Crippen molar-refractivity contribution in [3.05, 3.63) is 41.4 Å². The van der Waals surface area contributed by atoms with Gasteiger partial charge in [-0.2, -0.15) is 0 Å². The molecule has 2 aromatic rings. The predicted octanol–water partition coefficient (Wildman–Crippen LogP) is 4.26. The third-order valence-electron chi connectivity index (χ3n) is 2.72. The molecule has 0 saturated heterocycles. The molecular formula is C15H20N2S. The lowest BCUT2D eigenvalue weighted by atomic mass is 10.0. The van der Waals surface area contributed by atoms with Crippen LogP contribution < -0.4 is 5.32 Å². The van der Waals surface area contributed by atoms with Crippen LogP contribution in [0.4, 0.5) is 0 Å². The van der Waals surface area contributed by atoms with Gasteiger partial charge in [-0.1, -0.05) is 18.2 Å². The Labute approximate surface area is 113 Å². The fraction of sp³-hybridized carbons (Fsp3) is 0.400. The summed E-state index contributed by atoms with van der Waals surface area (Å²) >= 11 is 1.68. The van der Waals surface area contributed by atoms with Crippen molar-refractivity contribution in [2.75, 3.05) is 0 Å². The molecule has 0 aliphatic carbocycles. The largest absolute Gasteiger partial charge is 0.306 e. The molecule has 0 spiro atoms. The summed E-state index contributed by atoms with van der Waals surface area (Å²) < 4.78 is 0. The molecule has 0 aliphatic rings. The Morgan fingerprint density at radius 3 is 2.67 bits per heavy atom. The van der Waals surface area contributed by atoms with Gasteiger partial charge in [0.1, 0.15) is 5.01 Å². The van der Waals surface area contributed by atoms with E-state index in [4.69, 9.17) is 0 Å². The summed E-state index contributed by atoms with van der Waals surface area (Å²) in [7, 11) is 0. The first-order chi connectivity index (χ1) is 8.46. The van der Waals surface area contributed by atoms with E-state index in [0.717, 1.165) is 5.01 Å². The van der Waals surface area contributed by atoms with Gasteiger partial charge in [0.15, 0.2) is 0 Å². The highest BCUT2D eigenvalue weighted by Crippen LogP contribution is 2.25. The summed E-state index contributed by atoms with van der Waals surface area (Å²) in [5.74, 6) is 0. The summed E-state index contributed by atoms with van der Waals surface area (Å²) in [5.41, 5.74) is 2.62. The van der Waals surface area contributed by atoms with Crippen LogP contribution in [0.5, 0.6) is 0 Å². The number of aromatic nitrogens is 1. The Morgan fingerprint density at radius 2 is 2.06 bits per heavy atom. The molecule has 0 fully saturated rings. The van der Waals surface area contributed by atoms with E-state index in [2.05, 4.69) is 62.3 Å². The lowest BCUT2D eigenvalue weighted by Crippen LogP contribution is -2.37. The third-order valence-corrected chi connectivity index (χ3v) is 3.54. The van der Waals surface area contributed by atoms with Crippen molar-refractivity contribution in [1.29, 1.82) is 0 Å². The molecule has 0 aliphatic heterocycles. The number of nitrogens with zero attached hydrogens (tertiary/aromatic N) is 1. The van der Waals surface area contributed by atoms with Gasteiger partial charge < -0.3 is 5.32 Å². The van der Waals surface area contributed by atoms with Gasteiger partial charge in [-0.05, 0) is 39.3 Å². The number of rotatable bonds is 3. The Bertz CT molecular complexity index is 497. The lowest BCUT2D eigenvalue weighted by molar-refractivity contribution is 0.378. The first-order valence-electron chi connectivity index (χ1n) is 6.23. The molecule has 1 aromatic heterocycles. The van der Waals surface area contributed by atoms with Crippen LogP contribution in [0.25, 0.3) is 10.6 Å². The molecule has 0 bridgehead atoms. The Kier molecular flexibility index (Phi) is 3.83. The SMILES string of the molecule is C[C@@H](NC(C)(C)C)c1cccc(-c2nccs2)c1. The molecule has 1 aromatic carbocycles. The van der Waals surface area contributed by atoms with Crippen molar-refractivity contribution in [1.82, 2.24) is 10.3 Å². The van der Waals surface area contributed by atoms with Crippen LogP contribution >= 0.6 is 11.3 Å². The van der Waals surface area contributed by atoms with E-state index in [1.54, 1.807) is 11.3 Å². The zero-order valence-electron chi connectivity index (χ0n) is 11.4. The smallest absolute Gasteiger partial charge is 0.123 e. The summed E-state index contributed by atoms with van der Waals surface area (Å²) in [6.45, 7) is 8.77. The van der Waals surface area contributed by atoms with Crippen molar-refractivity contribution >= 4 is 11.3 Å². The summed E-state index contributed by atoms with van der Waals surface area (Å²) in [6, 6.07) is 8.95. The standard InChI is InChI=1S/C15H20N2S/c1-11(17-15(2,3)4)12-6-5-7-13(10-12)14-16-8-9-18-14/h5-11,17H,1-4H3/t11-/m1/s1. The van der Waals surface area contributed by atoms with Gasteiger partial charge in [-0.3, -0.25) is 0 Å². The zero-order valence-corrected chi connectivity index (χ0v) is 12.2. The van der Waals surface area contributed by atoms with E-state index >= 15 is 0 Å². The third kappa shape index (κ3) is 3.40. The van der Waals surface area contributed by atoms with Crippen LogP contribution in [0.15, 0.2) is 35.8 Å². The molecule has 18 heavy (non-hydrogen) atoms. The zero-order chi connectivity index (χ0) is 13.2. The molecule has 3 heteroatoms. The van der Waals surface area contributed by atoms with Crippen LogP contribution in [0.3, 0.4) is 0 Å². The van der Waals surface area contributed by atoms with Gasteiger partial charge in [0.25, 0.3) is 0 Å². The van der Waals surface area contributed by atoms with Gasteiger partial charge in [-0.25, -0.2) is 4.98 Å². The van der Waals surface area contributed by atoms with Crippen LogP contribution in [0.1, 0.15) is 39.3 Å². The number of thiazole rings is 1. The monoisotopic (exact) mass is 260 g/mol. The minimum atomic E-state index is 0.122. The second-order valence-corrected chi connectivity index (χ2v) is 6.47. The maximum Gasteiger partial charge on any atom is 0.123 e. The van der Waals surface area contributed by atoms with Crippen molar-refractivity contribution in [3.63, 3.8) is 0 Å². The molecule has 0 amide bonds. The number of benzene rings is 1. The van der Waals surface area contributed by atoms with Crippen molar-refractivity contribution in [2.24, 2.45) is 0 Å². The van der Waals surface area contributed by atoms with Gasteiger partial charge in [0, 0.05) is 28.7 Å². The molecule has 0 radical (unpaired) electrons. The molecule has 0 unspecified atom stereocenters. The maximum absolute atomic E-state index is 4.36. The van der Waals surface area contributed by atoms with Gasteiger partial charge in [0.05, 0.1) is 0 Å². The fourth-order valence-electron chi connectivity index (χ4n) is 2.04. The van der Waals surface area contributed by atoms with Crippen LogP contribution in [0, 0.1) is 0 Å². The maximum atomic E-state index is 4.36. The minimum Gasteiger partial charge on any atom is -0.306 e. The van der Waals surface area contributed by atoms with Crippen LogP contribution in [-0.4, -0.2) is 10.5 Å². The van der Waals surface area contributed by atoms with E-state index < -0.39 is 0 Å². The van der Waals surface area contributed by atoms with Gasteiger partial charge in [-0.15, -0.1) is 11.3 Å². The molecule has 2 nitrogen and oxygen atoms in total. The van der Waals surface area contributed by atoms with E-state index in [0.29, 0.717) is 6.04 Å². The molecule has 0 saturated carbocycles. The average Bonchev–Trinajstić information content (AvgIpc) is 2.80. The predicted molar refractivity (Wildman–Crippen MR) is 78.9 cm³/mol. The normalized spacial score (nSPS) is 13.6. The fourth-order valence-corrected chi connectivity index (χ4v) is 2.68. The molecule has 96 valence electrons. The van der Waals surface area contributed by atoms with Crippen molar-refractivity contribution in [3.8, 4) is 10.6 Å². The summed E-state index contributed by atoms with van der Waals surface area (Å²) in [6.07, 6.45) is 1.85. The number of hydrogen-bond acceptors (Lipinski definition) is 3. The second kappa shape index (κ2) is 5.21. The summed E-state index contributed by atoms with van der Waals surface area (Å²) in [5, 5.41) is 6.69. The highest BCUT2D eigenvalue weighted by atomic mass is 32.1. The average molecular weight is 260 g/mol. The molecule has 2 rings (SSSR count).